The van der Waals surface area contributed by atoms with E-state index in [-0.39, 0.29) is 0 Å². The number of benzene rings is 7. The maximum Gasteiger partial charge on any atom is 0.221 e. The lowest BCUT2D eigenvalue weighted by Gasteiger charge is -2.12. The van der Waals surface area contributed by atoms with Gasteiger partial charge in [0.25, 0.3) is 0 Å². The fourth-order valence-electron chi connectivity index (χ4n) is 7.66. The Balaban J connectivity index is 1.09. The zero-order valence-electron chi connectivity index (χ0n) is 26.2. The molecule has 0 saturated heterocycles. The number of thiophene rings is 1. The monoisotopic (exact) mass is 642 g/mol. The van der Waals surface area contributed by atoms with Crippen LogP contribution in [-0.2, 0) is 0 Å². The topological polar surface area (TPSA) is 35.1 Å². The van der Waals surface area contributed by atoms with Gasteiger partial charge in [0.15, 0.2) is 0 Å². The van der Waals surface area contributed by atoms with Gasteiger partial charge in [-0.15, -0.1) is 11.3 Å². The Morgan fingerprint density at radius 2 is 1.08 bits per heavy atom. The number of fused-ring (bicyclic) bond motifs is 11. The van der Waals surface area contributed by atoms with E-state index in [2.05, 4.69) is 155 Å². The smallest absolute Gasteiger partial charge is 0.221 e. The second-order valence-corrected chi connectivity index (χ2v) is 13.7. The number of imidazole rings is 1. The molecule has 0 aliphatic heterocycles. The molecule has 0 saturated carbocycles. The Morgan fingerprint density at radius 3 is 1.96 bits per heavy atom. The first-order valence-corrected chi connectivity index (χ1v) is 17.3. The minimum atomic E-state index is 0.834. The van der Waals surface area contributed by atoms with Gasteiger partial charge in [0, 0.05) is 36.3 Å². The van der Waals surface area contributed by atoms with Crippen molar-refractivity contribution in [1.29, 1.82) is 0 Å². The van der Waals surface area contributed by atoms with Gasteiger partial charge in [-0.05, 0) is 70.8 Å². The first-order chi connectivity index (χ1) is 24.3. The lowest BCUT2D eigenvalue weighted by atomic mass is 9.98. The van der Waals surface area contributed by atoms with E-state index in [9.17, 15) is 0 Å². The van der Waals surface area contributed by atoms with Crippen molar-refractivity contribution in [1.82, 2.24) is 18.9 Å². The summed E-state index contributed by atoms with van der Waals surface area (Å²) >= 11 is 1.88. The van der Waals surface area contributed by atoms with Crippen LogP contribution in [0.3, 0.4) is 0 Å². The average Bonchev–Trinajstić information content (AvgIpc) is 3.85. The summed E-state index contributed by atoms with van der Waals surface area (Å²) in [6, 6.07) is 56.5. The fraction of sp³-hybridized carbons (Fsp3) is 0. The number of aromatic nitrogens is 4. The van der Waals surface area contributed by atoms with Crippen molar-refractivity contribution < 1.29 is 0 Å². The van der Waals surface area contributed by atoms with Gasteiger partial charge in [-0.3, -0.25) is 8.97 Å². The molecule has 11 aromatic rings. The van der Waals surface area contributed by atoms with E-state index >= 15 is 0 Å². The number of nitrogens with zero attached hydrogens (tertiary/aromatic N) is 4. The molecule has 0 atom stereocenters. The van der Waals surface area contributed by atoms with Crippen molar-refractivity contribution in [3.8, 4) is 28.2 Å². The Hall–Kier alpha value is -6.30. The molecule has 0 bridgehead atoms. The molecule has 0 unspecified atom stereocenters. The summed E-state index contributed by atoms with van der Waals surface area (Å²) < 4.78 is 7.19. The normalized spacial score (nSPS) is 12.1. The molecule has 49 heavy (non-hydrogen) atoms. The van der Waals surface area contributed by atoms with Crippen molar-refractivity contribution in [2.75, 3.05) is 0 Å². The highest BCUT2D eigenvalue weighted by molar-refractivity contribution is 7.26. The number of hydrogen-bond acceptors (Lipinski definition) is 3. The molecule has 0 amide bonds. The summed E-state index contributed by atoms with van der Waals surface area (Å²) in [4.78, 5) is 10.4. The van der Waals surface area contributed by atoms with Crippen LogP contribution < -0.4 is 0 Å². The maximum atomic E-state index is 5.31. The van der Waals surface area contributed by atoms with Gasteiger partial charge in [-0.1, -0.05) is 109 Å². The summed E-state index contributed by atoms with van der Waals surface area (Å²) in [5, 5.41) is 6.08. The summed E-state index contributed by atoms with van der Waals surface area (Å²) in [6.45, 7) is 0. The van der Waals surface area contributed by atoms with Gasteiger partial charge < -0.3 is 0 Å². The molecule has 5 heteroatoms. The summed E-state index contributed by atoms with van der Waals surface area (Å²) in [7, 11) is 0. The van der Waals surface area contributed by atoms with Crippen LogP contribution >= 0.6 is 11.3 Å². The second-order valence-electron chi connectivity index (χ2n) is 12.6. The highest BCUT2D eigenvalue weighted by Crippen LogP contribution is 2.41. The third kappa shape index (κ3) is 3.85. The van der Waals surface area contributed by atoms with E-state index in [4.69, 9.17) is 9.97 Å². The molecule has 0 fully saturated rings. The van der Waals surface area contributed by atoms with Crippen LogP contribution in [-0.4, -0.2) is 18.9 Å². The van der Waals surface area contributed by atoms with Crippen LogP contribution in [0.25, 0.3) is 97.8 Å². The first kappa shape index (κ1) is 26.7. The van der Waals surface area contributed by atoms with E-state index in [0.29, 0.717) is 0 Å². The van der Waals surface area contributed by atoms with E-state index in [1.165, 1.54) is 53.2 Å². The van der Waals surface area contributed by atoms with Crippen LogP contribution in [0.2, 0.25) is 0 Å². The highest BCUT2D eigenvalue weighted by atomic mass is 32.1. The quantitative estimate of drug-likeness (QED) is 0.192. The standard InChI is InChI=1S/C44H26N4S/c1-4-15-36-34(12-1)43-45-37-16-5-7-18-40(37)48(43)44(46-36)47-38-17-6-2-10-31(38)35-26-29(24-25-39(35)47)27-20-22-28(23-21-27)30-13-9-14-33-32-11-3-8-19-41(32)49-42(30)33/h1-26H. The Kier molecular flexibility index (Phi) is 5.51. The minimum absolute atomic E-state index is 0.834. The molecule has 4 aromatic heterocycles. The van der Waals surface area contributed by atoms with Crippen LogP contribution in [0.5, 0.6) is 0 Å². The SMILES string of the molecule is c1ccc2c(c1)nc(-n1c3ccccc3c3cc(-c4ccc(-c5cccc6c5sc5ccccc56)cc4)ccc31)n1c3ccccc3nc21. The Bertz CT molecular complexity index is 3110. The number of para-hydroxylation sites is 4. The Labute approximate surface area is 284 Å². The molecule has 0 N–H and O–H groups in total. The fourth-order valence-corrected chi connectivity index (χ4v) is 8.90. The number of rotatable bonds is 3. The van der Waals surface area contributed by atoms with Gasteiger partial charge in [-0.25, -0.2) is 9.97 Å². The third-order valence-electron chi connectivity index (χ3n) is 9.93. The average molecular weight is 643 g/mol. The Morgan fingerprint density at radius 1 is 0.429 bits per heavy atom. The van der Waals surface area contributed by atoms with Crippen molar-refractivity contribution in [2.24, 2.45) is 0 Å². The second kappa shape index (κ2) is 10.1. The van der Waals surface area contributed by atoms with Gasteiger partial charge in [0.1, 0.15) is 5.65 Å². The molecule has 4 nitrogen and oxygen atoms in total. The summed E-state index contributed by atoms with van der Waals surface area (Å²) in [5.74, 6) is 0.834. The molecule has 11 rings (SSSR count). The maximum absolute atomic E-state index is 5.31. The van der Waals surface area contributed by atoms with E-state index < -0.39 is 0 Å². The minimum Gasteiger partial charge on any atom is -0.279 e. The van der Waals surface area contributed by atoms with Gasteiger partial charge in [0.2, 0.25) is 5.95 Å². The molecular weight excluding hydrogens is 617 g/mol. The number of hydrogen-bond donors (Lipinski definition) is 0. The van der Waals surface area contributed by atoms with Crippen LogP contribution in [0.1, 0.15) is 0 Å². The molecule has 0 aliphatic carbocycles. The molecule has 4 heterocycles. The highest BCUT2D eigenvalue weighted by Gasteiger charge is 2.20. The molecule has 0 spiro atoms. The van der Waals surface area contributed by atoms with E-state index in [1.807, 2.05) is 23.5 Å². The molecule has 228 valence electrons. The van der Waals surface area contributed by atoms with Gasteiger partial charge >= 0.3 is 0 Å². The largest absolute Gasteiger partial charge is 0.279 e. The van der Waals surface area contributed by atoms with Crippen LogP contribution in [0, 0.1) is 0 Å². The summed E-state index contributed by atoms with van der Waals surface area (Å²) in [6.07, 6.45) is 0. The molecule has 0 aliphatic rings. The zero-order valence-corrected chi connectivity index (χ0v) is 27.0. The van der Waals surface area contributed by atoms with Crippen molar-refractivity contribution in [3.63, 3.8) is 0 Å². The van der Waals surface area contributed by atoms with Gasteiger partial charge in [0.05, 0.1) is 27.6 Å². The van der Waals surface area contributed by atoms with Crippen molar-refractivity contribution >= 4 is 80.9 Å². The molecule has 7 aromatic carbocycles. The third-order valence-corrected chi connectivity index (χ3v) is 11.2. The predicted molar refractivity (Wildman–Crippen MR) is 206 cm³/mol. The lowest BCUT2D eigenvalue weighted by molar-refractivity contribution is 0.979. The van der Waals surface area contributed by atoms with Crippen LogP contribution in [0.15, 0.2) is 158 Å². The lowest BCUT2D eigenvalue weighted by Crippen LogP contribution is -2.06. The van der Waals surface area contributed by atoms with Gasteiger partial charge in [-0.2, -0.15) is 0 Å². The van der Waals surface area contributed by atoms with E-state index in [0.717, 1.165) is 44.6 Å². The van der Waals surface area contributed by atoms with E-state index in [1.54, 1.807) is 0 Å². The molecular formula is C44H26N4S. The van der Waals surface area contributed by atoms with Crippen molar-refractivity contribution in [2.45, 2.75) is 0 Å². The van der Waals surface area contributed by atoms with Crippen LogP contribution in [0.4, 0.5) is 0 Å². The van der Waals surface area contributed by atoms with Crippen molar-refractivity contribution in [3.05, 3.63) is 158 Å². The molecule has 0 radical (unpaired) electrons. The zero-order chi connectivity index (χ0) is 32.1. The summed E-state index contributed by atoms with van der Waals surface area (Å²) in [5.41, 5.74) is 11.0. The predicted octanol–water partition coefficient (Wildman–Crippen LogP) is 11.8. The first-order valence-electron chi connectivity index (χ1n) is 16.5.